The highest BCUT2D eigenvalue weighted by Gasteiger charge is 2.21. The minimum absolute atomic E-state index is 0.156. The second kappa shape index (κ2) is 7.40. The summed E-state index contributed by atoms with van der Waals surface area (Å²) in [5, 5.41) is 9.82. The van der Waals surface area contributed by atoms with E-state index in [0.717, 1.165) is 35.8 Å². The lowest BCUT2D eigenvalue weighted by molar-refractivity contribution is 0.345. The van der Waals surface area contributed by atoms with E-state index in [1.165, 1.54) is 42.1 Å². The number of hydrogen-bond donors (Lipinski definition) is 2. The number of nitrogen functional groups attached to an aromatic ring is 1. The molecule has 0 unspecified atom stereocenters. The highest BCUT2D eigenvalue weighted by atomic mass is 32.2. The van der Waals surface area contributed by atoms with E-state index < -0.39 is 0 Å². The zero-order chi connectivity index (χ0) is 17.2. The third-order valence-electron chi connectivity index (χ3n) is 5.02. The molecule has 2 aliphatic rings. The van der Waals surface area contributed by atoms with Crippen LogP contribution in [0.4, 0.5) is 5.69 Å². The number of thioether (sulfide) groups is 1. The summed E-state index contributed by atoms with van der Waals surface area (Å²) in [6.07, 6.45) is 2.70. The molecule has 0 spiro atoms. The average molecular weight is 373 g/mol. The molecule has 2 aromatic rings. The molecule has 1 saturated heterocycles. The van der Waals surface area contributed by atoms with Crippen molar-refractivity contribution in [2.45, 2.75) is 17.7 Å². The predicted octanol–water partition coefficient (Wildman–Crippen LogP) is 3.71. The second-order valence-corrected chi connectivity index (χ2v) is 8.70. The molecule has 0 radical (unpaired) electrons. The summed E-state index contributed by atoms with van der Waals surface area (Å²) in [7, 11) is 0. The molecule has 0 amide bonds. The van der Waals surface area contributed by atoms with Crippen molar-refractivity contribution in [2.75, 3.05) is 43.4 Å². The van der Waals surface area contributed by atoms with E-state index in [1.807, 2.05) is 17.1 Å². The van der Waals surface area contributed by atoms with Gasteiger partial charge in [0.2, 0.25) is 0 Å². The molecule has 0 bridgehead atoms. The fourth-order valence-corrected chi connectivity index (χ4v) is 5.50. The minimum Gasteiger partial charge on any atom is -0.383 e. The lowest BCUT2D eigenvalue weighted by atomic mass is 10.0. The molecular weight excluding hydrogens is 348 g/mol. The number of nitrogens with one attached hydrogen (secondary N) is 1. The molecule has 1 aromatic carbocycles. The molecular formula is C19H24N4S2. The van der Waals surface area contributed by atoms with Gasteiger partial charge < -0.3 is 15.5 Å². The van der Waals surface area contributed by atoms with Crippen molar-refractivity contribution in [3.63, 3.8) is 0 Å². The van der Waals surface area contributed by atoms with E-state index in [-0.39, 0.29) is 5.84 Å². The number of rotatable bonds is 5. The van der Waals surface area contributed by atoms with Crippen LogP contribution >= 0.6 is 23.1 Å². The molecule has 0 atom stereocenters. The molecule has 1 aromatic heterocycles. The maximum Gasteiger partial charge on any atom is 0.133 e. The normalized spacial score (nSPS) is 17.7. The van der Waals surface area contributed by atoms with Gasteiger partial charge in [0.1, 0.15) is 5.84 Å². The Morgan fingerprint density at radius 3 is 2.76 bits per heavy atom. The molecule has 4 rings (SSSR count). The van der Waals surface area contributed by atoms with Gasteiger partial charge in [-0.2, -0.15) is 0 Å². The topological polar surface area (TPSA) is 56.4 Å². The van der Waals surface area contributed by atoms with Crippen LogP contribution in [0.15, 0.2) is 34.5 Å². The maximum absolute atomic E-state index is 7.80. The first-order valence-corrected chi connectivity index (χ1v) is 10.8. The third-order valence-corrected chi connectivity index (χ3v) is 7.01. The summed E-state index contributed by atoms with van der Waals surface area (Å²) < 4.78 is 0. The molecule has 6 heteroatoms. The van der Waals surface area contributed by atoms with Gasteiger partial charge in [0, 0.05) is 35.8 Å². The first kappa shape index (κ1) is 16.9. The molecule has 1 fully saturated rings. The standard InChI is InChI=1S/C19H24N4S2/c20-19(21)18-15(5-11-25-18)14-3-4-17-16(13-14)23(10-12-24-17)9-8-22-6-1-2-7-22/h3-5,11,13H,1-2,6-10,12H2,(H3,20,21). The number of benzene rings is 1. The van der Waals surface area contributed by atoms with Crippen molar-refractivity contribution in [3.05, 3.63) is 34.5 Å². The van der Waals surface area contributed by atoms with Crippen LogP contribution in [0.1, 0.15) is 17.7 Å². The smallest absolute Gasteiger partial charge is 0.133 e. The Balaban J connectivity index is 1.59. The number of thiophene rings is 1. The van der Waals surface area contributed by atoms with Gasteiger partial charge in [-0.05, 0) is 55.1 Å². The third kappa shape index (κ3) is 3.57. The van der Waals surface area contributed by atoms with E-state index in [2.05, 4.69) is 34.1 Å². The fraction of sp³-hybridized carbons (Fsp3) is 0.421. The lowest BCUT2D eigenvalue weighted by Gasteiger charge is -2.32. The number of likely N-dealkylation sites (tertiary alicyclic amines) is 1. The number of anilines is 1. The van der Waals surface area contributed by atoms with Crippen molar-refractivity contribution in [1.29, 1.82) is 5.41 Å². The summed E-state index contributed by atoms with van der Waals surface area (Å²) in [5.41, 5.74) is 9.34. The number of nitrogens with two attached hydrogens (primary N) is 1. The van der Waals surface area contributed by atoms with Crippen molar-refractivity contribution < 1.29 is 0 Å². The summed E-state index contributed by atoms with van der Waals surface area (Å²) in [5.74, 6) is 1.31. The Morgan fingerprint density at radius 1 is 1.12 bits per heavy atom. The summed E-state index contributed by atoms with van der Waals surface area (Å²) in [6.45, 7) is 5.88. The number of fused-ring (bicyclic) bond motifs is 1. The Bertz CT molecular complexity index is 765. The van der Waals surface area contributed by atoms with Crippen LogP contribution in [0.3, 0.4) is 0 Å². The summed E-state index contributed by atoms with van der Waals surface area (Å²) in [4.78, 5) is 7.36. The van der Waals surface area contributed by atoms with Crippen LogP contribution < -0.4 is 10.6 Å². The second-order valence-electron chi connectivity index (χ2n) is 6.64. The van der Waals surface area contributed by atoms with Gasteiger partial charge in [-0.3, -0.25) is 5.41 Å². The Hall–Kier alpha value is -1.50. The van der Waals surface area contributed by atoms with E-state index in [1.54, 1.807) is 11.3 Å². The van der Waals surface area contributed by atoms with Gasteiger partial charge in [0.05, 0.1) is 10.6 Å². The van der Waals surface area contributed by atoms with Crippen molar-refractivity contribution in [1.82, 2.24) is 4.90 Å². The van der Waals surface area contributed by atoms with Gasteiger partial charge >= 0.3 is 0 Å². The van der Waals surface area contributed by atoms with Crippen LogP contribution in [0.25, 0.3) is 11.1 Å². The molecule has 25 heavy (non-hydrogen) atoms. The van der Waals surface area contributed by atoms with Crippen molar-refractivity contribution in [2.24, 2.45) is 5.73 Å². The van der Waals surface area contributed by atoms with Crippen LogP contribution in [0.2, 0.25) is 0 Å². The monoisotopic (exact) mass is 372 g/mol. The number of hydrogen-bond acceptors (Lipinski definition) is 5. The van der Waals surface area contributed by atoms with Crippen molar-refractivity contribution >= 4 is 34.6 Å². The number of nitrogens with zero attached hydrogens (tertiary/aromatic N) is 2. The number of amidine groups is 1. The quantitative estimate of drug-likeness (QED) is 0.621. The first-order chi connectivity index (χ1) is 12.2. The highest BCUT2D eigenvalue weighted by Crippen LogP contribution is 2.39. The fourth-order valence-electron chi connectivity index (χ4n) is 3.69. The Labute approximate surface area is 157 Å². The Morgan fingerprint density at radius 2 is 1.96 bits per heavy atom. The molecule has 0 saturated carbocycles. The van der Waals surface area contributed by atoms with Crippen LogP contribution in [-0.4, -0.2) is 49.2 Å². The van der Waals surface area contributed by atoms with Gasteiger partial charge in [0.15, 0.2) is 0 Å². The molecule has 3 N–H and O–H groups in total. The van der Waals surface area contributed by atoms with Gasteiger partial charge in [-0.15, -0.1) is 23.1 Å². The van der Waals surface area contributed by atoms with Gasteiger partial charge in [0.25, 0.3) is 0 Å². The molecule has 4 nitrogen and oxygen atoms in total. The van der Waals surface area contributed by atoms with Gasteiger partial charge in [-0.25, -0.2) is 0 Å². The van der Waals surface area contributed by atoms with Crippen LogP contribution in [0, 0.1) is 5.41 Å². The van der Waals surface area contributed by atoms with E-state index in [9.17, 15) is 0 Å². The Kier molecular flexibility index (Phi) is 5.01. The van der Waals surface area contributed by atoms with E-state index >= 15 is 0 Å². The van der Waals surface area contributed by atoms with E-state index in [4.69, 9.17) is 11.1 Å². The SMILES string of the molecule is N=C(N)c1sccc1-c1ccc2c(c1)N(CCN1CCCC1)CCS2. The molecule has 0 aliphatic carbocycles. The van der Waals surface area contributed by atoms with Crippen molar-refractivity contribution in [3.8, 4) is 11.1 Å². The van der Waals surface area contributed by atoms with Gasteiger partial charge in [-0.1, -0.05) is 6.07 Å². The minimum atomic E-state index is 0.156. The van der Waals surface area contributed by atoms with Crippen LogP contribution in [0.5, 0.6) is 0 Å². The first-order valence-electron chi connectivity index (χ1n) is 8.89. The predicted molar refractivity (Wildman–Crippen MR) is 109 cm³/mol. The molecule has 3 heterocycles. The molecule has 132 valence electrons. The zero-order valence-electron chi connectivity index (χ0n) is 14.3. The maximum atomic E-state index is 7.80. The highest BCUT2D eigenvalue weighted by molar-refractivity contribution is 7.99. The summed E-state index contributed by atoms with van der Waals surface area (Å²) in [6, 6.07) is 8.77. The zero-order valence-corrected chi connectivity index (χ0v) is 16.0. The average Bonchev–Trinajstić information content (AvgIpc) is 3.31. The summed E-state index contributed by atoms with van der Waals surface area (Å²) >= 11 is 3.49. The largest absolute Gasteiger partial charge is 0.383 e. The molecule has 2 aliphatic heterocycles. The van der Waals surface area contributed by atoms with Crippen LogP contribution in [-0.2, 0) is 0 Å². The lowest BCUT2D eigenvalue weighted by Crippen LogP contribution is -2.36. The van der Waals surface area contributed by atoms with E-state index in [0.29, 0.717) is 0 Å².